The fourth-order valence-corrected chi connectivity index (χ4v) is 6.68. The summed E-state index contributed by atoms with van der Waals surface area (Å²) in [5.74, 6) is -0.618. The molecule has 42 heavy (non-hydrogen) atoms. The van der Waals surface area contributed by atoms with Crippen LogP contribution in [0.5, 0.6) is 0 Å². The van der Waals surface area contributed by atoms with Gasteiger partial charge in [0.1, 0.15) is 28.4 Å². The molecule has 2 aliphatic rings. The summed E-state index contributed by atoms with van der Waals surface area (Å²) in [6.07, 6.45) is 5.84. The maximum atomic E-state index is 14.2. The van der Waals surface area contributed by atoms with Crippen LogP contribution in [0.25, 0.3) is 0 Å². The maximum absolute atomic E-state index is 14.2. The highest BCUT2D eigenvalue weighted by molar-refractivity contribution is 7.10. The Labute approximate surface area is 253 Å². The zero-order valence-corrected chi connectivity index (χ0v) is 26.5. The second-order valence-electron chi connectivity index (χ2n) is 12.6. The standard InChI is InChI=1S/C32H44N4O5S/c1-20-12-10-15-23(18-20)27(37)24-19-42-29(33-24)25-16-11-17-36(25)30(39)26(22-13-8-7-9-14-22)34-28(38)21(2)35(6)31(40)41-32(3,4)5/h10,12,15,18-19,21-22,25-26H,7-9,11,13-14,16-17H2,1-6H3,(H,34,38)/t21-,25?,26-/m0/s1. The summed E-state index contributed by atoms with van der Waals surface area (Å²) in [6.45, 7) is 9.48. The molecule has 2 heterocycles. The lowest BCUT2D eigenvalue weighted by Crippen LogP contribution is -2.56. The van der Waals surface area contributed by atoms with Gasteiger partial charge >= 0.3 is 6.09 Å². The molecule has 1 unspecified atom stereocenters. The topological polar surface area (TPSA) is 109 Å². The van der Waals surface area contributed by atoms with E-state index < -0.39 is 23.8 Å². The fraction of sp³-hybridized carbons (Fsp3) is 0.594. The Kier molecular flexibility index (Phi) is 10.1. The summed E-state index contributed by atoms with van der Waals surface area (Å²) in [4.78, 5) is 61.1. The Balaban J connectivity index is 1.51. The molecular formula is C32H44N4O5S. The number of carbonyl (C=O) groups is 4. The van der Waals surface area contributed by atoms with Gasteiger partial charge in [-0.3, -0.25) is 19.3 Å². The molecule has 1 aliphatic carbocycles. The normalized spacial score (nSPS) is 19.2. The molecule has 1 saturated carbocycles. The number of aryl methyl sites for hydroxylation is 1. The predicted molar refractivity (Wildman–Crippen MR) is 162 cm³/mol. The van der Waals surface area contributed by atoms with Crippen molar-refractivity contribution in [3.63, 3.8) is 0 Å². The number of ketones is 1. The van der Waals surface area contributed by atoms with Crippen molar-refractivity contribution in [2.75, 3.05) is 13.6 Å². The predicted octanol–water partition coefficient (Wildman–Crippen LogP) is 5.67. The number of carbonyl (C=O) groups excluding carboxylic acids is 4. The van der Waals surface area contributed by atoms with Gasteiger partial charge in [0, 0.05) is 24.5 Å². The molecule has 1 aromatic carbocycles. The van der Waals surface area contributed by atoms with Crippen molar-refractivity contribution in [3.8, 4) is 0 Å². The number of nitrogens with zero attached hydrogens (tertiary/aromatic N) is 3. The van der Waals surface area contributed by atoms with Gasteiger partial charge in [0.05, 0.1) is 6.04 Å². The van der Waals surface area contributed by atoms with Gasteiger partial charge in [-0.1, -0.05) is 43.0 Å². The summed E-state index contributed by atoms with van der Waals surface area (Å²) >= 11 is 1.40. The average molecular weight is 597 g/mol. The number of aromatic nitrogens is 1. The van der Waals surface area contributed by atoms with Crippen LogP contribution in [-0.2, 0) is 14.3 Å². The lowest BCUT2D eigenvalue weighted by Gasteiger charge is -2.36. The average Bonchev–Trinajstić information content (AvgIpc) is 3.64. The van der Waals surface area contributed by atoms with Crippen LogP contribution >= 0.6 is 11.3 Å². The molecule has 0 spiro atoms. The molecule has 3 atom stereocenters. The number of rotatable bonds is 8. The van der Waals surface area contributed by atoms with Gasteiger partial charge in [-0.15, -0.1) is 11.3 Å². The van der Waals surface area contributed by atoms with E-state index in [0.717, 1.165) is 55.5 Å². The lowest BCUT2D eigenvalue weighted by atomic mass is 9.83. The van der Waals surface area contributed by atoms with Crippen molar-refractivity contribution in [3.05, 3.63) is 51.5 Å². The lowest BCUT2D eigenvalue weighted by molar-refractivity contribution is -0.140. The molecule has 2 fully saturated rings. The van der Waals surface area contributed by atoms with E-state index in [9.17, 15) is 19.2 Å². The Bertz CT molecular complexity index is 1300. The van der Waals surface area contributed by atoms with Gasteiger partial charge in [-0.25, -0.2) is 9.78 Å². The summed E-state index contributed by atoms with van der Waals surface area (Å²) in [5, 5.41) is 5.55. The first kappa shape index (κ1) is 31.7. The van der Waals surface area contributed by atoms with E-state index in [1.54, 1.807) is 39.1 Å². The molecule has 1 N–H and O–H groups in total. The van der Waals surface area contributed by atoms with E-state index in [4.69, 9.17) is 9.72 Å². The molecule has 1 aromatic heterocycles. The van der Waals surface area contributed by atoms with Crippen molar-refractivity contribution < 1.29 is 23.9 Å². The minimum absolute atomic E-state index is 0.0187. The van der Waals surface area contributed by atoms with Gasteiger partial charge in [0.2, 0.25) is 17.6 Å². The highest BCUT2D eigenvalue weighted by Crippen LogP contribution is 2.36. The number of likely N-dealkylation sites (N-methyl/N-ethyl adjacent to an activating group) is 1. The summed E-state index contributed by atoms with van der Waals surface area (Å²) in [7, 11) is 1.53. The van der Waals surface area contributed by atoms with Crippen LogP contribution in [0.15, 0.2) is 29.6 Å². The third-order valence-corrected chi connectivity index (χ3v) is 9.13. The van der Waals surface area contributed by atoms with Gasteiger partial charge in [0.15, 0.2) is 0 Å². The zero-order chi connectivity index (χ0) is 30.6. The maximum Gasteiger partial charge on any atom is 0.410 e. The van der Waals surface area contributed by atoms with Crippen molar-refractivity contribution in [2.45, 2.75) is 103 Å². The number of likely N-dealkylation sites (tertiary alicyclic amines) is 1. The third kappa shape index (κ3) is 7.56. The molecule has 2 aromatic rings. The SMILES string of the molecule is Cc1cccc(C(=O)c2csc(C3CCCN3C(=O)[C@@H](NC(=O)[C@H](C)N(C)C(=O)OC(C)(C)C)C3CCCCC3)n2)c1. The molecule has 1 saturated heterocycles. The number of benzene rings is 1. The van der Waals surface area contributed by atoms with Crippen LogP contribution in [-0.4, -0.2) is 69.8 Å². The van der Waals surface area contributed by atoms with E-state index in [0.29, 0.717) is 17.8 Å². The van der Waals surface area contributed by atoms with Crippen molar-refractivity contribution in [1.82, 2.24) is 20.1 Å². The Hall–Kier alpha value is -3.27. The second-order valence-corrected chi connectivity index (χ2v) is 13.5. The minimum Gasteiger partial charge on any atom is -0.444 e. The Morgan fingerprint density at radius 1 is 1.10 bits per heavy atom. The molecule has 3 amide bonds. The molecule has 1 aliphatic heterocycles. The van der Waals surface area contributed by atoms with Crippen LogP contribution in [0.3, 0.4) is 0 Å². The Morgan fingerprint density at radius 2 is 1.81 bits per heavy atom. The second kappa shape index (κ2) is 13.4. The number of nitrogens with one attached hydrogen (secondary N) is 1. The molecule has 10 heteroatoms. The fourth-order valence-electron chi connectivity index (χ4n) is 5.74. The third-order valence-electron chi connectivity index (χ3n) is 8.18. The van der Waals surface area contributed by atoms with Gasteiger partial charge in [0.25, 0.3) is 0 Å². The van der Waals surface area contributed by atoms with Crippen LogP contribution in [0, 0.1) is 12.8 Å². The van der Waals surface area contributed by atoms with Gasteiger partial charge in [-0.2, -0.15) is 0 Å². The van der Waals surface area contributed by atoms with E-state index in [1.165, 1.54) is 23.3 Å². The van der Waals surface area contributed by atoms with E-state index in [1.807, 2.05) is 30.0 Å². The quantitative estimate of drug-likeness (QED) is 0.394. The van der Waals surface area contributed by atoms with Crippen LogP contribution in [0.4, 0.5) is 4.79 Å². The largest absolute Gasteiger partial charge is 0.444 e. The number of thiazole rings is 1. The van der Waals surface area contributed by atoms with Crippen LogP contribution < -0.4 is 5.32 Å². The zero-order valence-electron chi connectivity index (χ0n) is 25.6. The minimum atomic E-state index is -0.817. The van der Waals surface area contributed by atoms with Crippen molar-refractivity contribution in [1.29, 1.82) is 0 Å². The van der Waals surface area contributed by atoms with E-state index in [2.05, 4.69) is 5.32 Å². The van der Waals surface area contributed by atoms with E-state index >= 15 is 0 Å². The number of amides is 3. The highest BCUT2D eigenvalue weighted by atomic mass is 32.1. The first-order chi connectivity index (χ1) is 19.9. The molecule has 4 rings (SSSR count). The van der Waals surface area contributed by atoms with E-state index in [-0.39, 0.29) is 29.6 Å². The van der Waals surface area contributed by atoms with Crippen molar-refractivity contribution >= 4 is 35.0 Å². The summed E-state index contributed by atoms with van der Waals surface area (Å²) in [5.41, 5.74) is 1.30. The van der Waals surface area contributed by atoms with Crippen molar-refractivity contribution in [2.24, 2.45) is 5.92 Å². The summed E-state index contributed by atoms with van der Waals surface area (Å²) in [6, 6.07) is 5.70. The first-order valence-electron chi connectivity index (χ1n) is 15.0. The van der Waals surface area contributed by atoms with Crippen LogP contribution in [0.1, 0.15) is 105 Å². The molecule has 0 radical (unpaired) electrons. The monoisotopic (exact) mass is 596 g/mol. The highest BCUT2D eigenvalue weighted by Gasteiger charge is 2.41. The smallest absolute Gasteiger partial charge is 0.410 e. The molecule has 9 nitrogen and oxygen atoms in total. The first-order valence-corrected chi connectivity index (χ1v) is 15.9. The van der Waals surface area contributed by atoms with Gasteiger partial charge < -0.3 is 15.0 Å². The Morgan fingerprint density at radius 3 is 2.48 bits per heavy atom. The van der Waals surface area contributed by atoms with Gasteiger partial charge in [-0.05, 0) is 72.3 Å². The number of hydrogen-bond donors (Lipinski definition) is 1. The molecule has 0 bridgehead atoms. The number of ether oxygens (including phenoxy) is 1. The summed E-state index contributed by atoms with van der Waals surface area (Å²) < 4.78 is 5.44. The number of hydrogen-bond acceptors (Lipinski definition) is 7. The van der Waals surface area contributed by atoms with Crippen LogP contribution in [0.2, 0.25) is 0 Å². The molecular weight excluding hydrogens is 552 g/mol. The molecule has 228 valence electrons.